The van der Waals surface area contributed by atoms with Gasteiger partial charge in [-0.15, -0.1) is 12.6 Å². The molecule has 0 unspecified atom stereocenters. The smallest absolute Gasteiger partial charge is 0.0330 e. The summed E-state index contributed by atoms with van der Waals surface area (Å²) < 4.78 is 0. The van der Waals surface area contributed by atoms with Crippen molar-refractivity contribution in [3.05, 3.63) is 22.8 Å². The van der Waals surface area contributed by atoms with E-state index in [1.807, 2.05) is 0 Å². The Morgan fingerprint density at radius 1 is 1.58 bits per heavy atom. The van der Waals surface area contributed by atoms with Crippen LogP contribution in [0.1, 0.15) is 26.7 Å². The van der Waals surface area contributed by atoms with Crippen LogP contribution in [-0.2, 0) is 0 Å². The summed E-state index contributed by atoms with van der Waals surface area (Å²) in [6, 6.07) is 0. The van der Waals surface area contributed by atoms with E-state index >= 15 is 0 Å². The SMILES string of the molecule is C=C1C(C)=C(S)CCN1CCC. The van der Waals surface area contributed by atoms with Crippen molar-refractivity contribution in [2.45, 2.75) is 26.7 Å². The quantitative estimate of drug-likeness (QED) is 0.644. The molecule has 1 aliphatic rings. The van der Waals surface area contributed by atoms with Crippen molar-refractivity contribution in [2.24, 2.45) is 0 Å². The van der Waals surface area contributed by atoms with Gasteiger partial charge in [-0.25, -0.2) is 0 Å². The molecule has 0 aliphatic carbocycles. The molecule has 0 radical (unpaired) electrons. The average Bonchev–Trinajstić information content (AvgIpc) is 2.07. The first-order valence-electron chi connectivity index (χ1n) is 4.49. The maximum absolute atomic E-state index is 4.42. The fourth-order valence-electron chi connectivity index (χ4n) is 1.48. The van der Waals surface area contributed by atoms with Crippen LogP contribution in [0.25, 0.3) is 0 Å². The highest BCUT2D eigenvalue weighted by atomic mass is 32.1. The number of nitrogens with zero attached hydrogens (tertiary/aromatic N) is 1. The zero-order valence-corrected chi connectivity index (χ0v) is 8.82. The van der Waals surface area contributed by atoms with Crippen molar-refractivity contribution in [1.82, 2.24) is 4.90 Å². The summed E-state index contributed by atoms with van der Waals surface area (Å²) in [5.74, 6) is 0. The molecule has 0 aromatic rings. The Morgan fingerprint density at radius 2 is 2.25 bits per heavy atom. The lowest BCUT2D eigenvalue weighted by molar-refractivity contribution is 0.346. The molecule has 0 saturated heterocycles. The lowest BCUT2D eigenvalue weighted by Crippen LogP contribution is -2.28. The second kappa shape index (κ2) is 4.04. The molecule has 1 nitrogen and oxygen atoms in total. The highest BCUT2D eigenvalue weighted by Crippen LogP contribution is 2.27. The van der Waals surface area contributed by atoms with Crippen LogP contribution in [-0.4, -0.2) is 18.0 Å². The van der Waals surface area contributed by atoms with Crippen LogP contribution in [0.2, 0.25) is 0 Å². The molecule has 0 bridgehead atoms. The van der Waals surface area contributed by atoms with E-state index < -0.39 is 0 Å². The number of thiol groups is 1. The van der Waals surface area contributed by atoms with Gasteiger partial charge in [0, 0.05) is 18.8 Å². The van der Waals surface area contributed by atoms with Crippen LogP contribution < -0.4 is 0 Å². The molecule has 68 valence electrons. The summed E-state index contributed by atoms with van der Waals surface area (Å²) >= 11 is 4.42. The van der Waals surface area contributed by atoms with E-state index in [9.17, 15) is 0 Å². The van der Waals surface area contributed by atoms with Crippen molar-refractivity contribution < 1.29 is 0 Å². The van der Waals surface area contributed by atoms with E-state index in [4.69, 9.17) is 0 Å². The van der Waals surface area contributed by atoms with Crippen molar-refractivity contribution in [1.29, 1.82) is 0 Å². The minimum absolute atomic E-state index is 1.08. The minimum Gasteiger partial charge on any atom is -0.371 e. The van der Waals surface area contributed by atoms with Crippen LogP contribution in [0.3, 0.4) is 0 Å². The Hall–Kier alpha value is -0.370. The first-order chi connectivity index (χ1) is 5.66. The molecule has 0 saturated carbocycles. The molecule has 2 heteroatoms. The fraction of sp³-hybridized carbons (Fsp3) is 0.600. The van der Waals surface area contributed by atoms with Gasteiger partial charge in [0.15, 0.2) is 0 Å². The molecule has 0 aromatic heterocycles. The van der Waals surface area contributed by atoms with Crippen LogP contribution in [0, 0.1) is 0 Å². The normalized spacial score (nSPS) is 18.9. The van der Waals surface area contributed by atoms with Gasteiger partial charge >= 0.3 is 0 Å². The Morgan fingerprint density at radius 3 is 2.83 bits per heavy atom. The lowest BCUT2D eigenvalue weighted by Gasteiger charge is -2.31. The maximum Gasteiger partial charge on any atom is 0.0330 e. The van der Waals surface area contributed by atoms with Crippen LogP contribution in [0.15, 0.2) is 22.8 Å². The van der Waals surface area contributed by atoms with Gasteiger partial charge in [0.1, 0.15) is 0 Å². The van der Waals surface area contributed by atoms with Crippen molar-refractivity contribution in [3.63, 3.8) is 0 Å². The summed E-state index contributed by atoms with van der Waals surface area (Å²) in [5.41, 5.74) is 2.42. The molecule has 0 atom stereocenters. The van der Waals surface area contributed by atoms with Gasteiger partial charge in [-0.1, -0.05) is 13.5 Å². The summed E-state index contributed by atoms with van der Waals surface area (Å²) in [6.07, 6.45) is 2.27. The fourth-order valence-corrected chi connectivity index (χ4v) is 1.71. The minimum atomic E-state index is 1.08. The summed E-state index contributed by atoms with van der Waals surface area (Å²) in [7, 11) is 0. The van der Waals surface area contributed by atoms with E-state index in [1.165, 1.54) is 16.9 Å². The van der Waals surface area contributed by atoms with Gasteiger partial charge in [-0.2, -0.15) is 0 Å². The molecular formula is C10H17NS. The van der Waals surface area contributed by atoms with Gasteiger partial charge in [-0.05, 0) is 30.2 Å². The zero-order chi connectivity index (χ0) is 9.14. The monoisotopic (exact) mass is 183 g/mol. The molecule has 1 aliphatic heterocycles. The van der Waals surface area contributed by atoms with Crippen LogP contribution in [0.4, 0.5) is 0 Å². The standard InChI is InChI=1S/C10H17NS/c1-4-6-11-7-5-10(12)8(2)9(11)3/h12H,3-7H2,1-2H3. The van der Waals surface area contributed by atoms with Gasteiger partial charge in [0.05, 0.1) is 0 Å². The van der Waals surface area contributed by atoms with Crippen LogP contribution in [0.5, 0.6) is 0 Å². The highest BCUT2D eigenvalue weighted by molar-refractivity contribution is 7.84. The molecule has 0 aromatic carbocycles. The second-order valence-electron chi connectivity index (χ2n) is 3.26. The summed E-state index contributed by atoms with van der Waals surface area (Å²) in [4.78, 5) is 3.54. The number of rotatable bonds is 2. The summed E-state index contributed by atoms with van der Waals surface area (Å²) in [6.45, 7) is 10.6. The Bertz CT molecular complexity index is 218. The number of allylic oxidation sites excluding steroid dienone is 1. The van der Waals surface area contributed by atoms with E-state index in [0.29, 0.717) is 0 Å². The molecule has 0 spiro atoms. The Balaban J connectivity index is 2.70. The summed E-state index contributed by atoms with van der Waals surface area (Å²) in [5, 5.41) is 0. The van der Waals surface area contributed by atoms with Gasteiger partial charge in [0.2, 0.25) is 0 Å². The van der Waals surface area contributed by atoms with E-state index in [2.05, 4.69) is 38.0 Å². The first-order valence-corrected chi connectivity index (χ1v) is 4.94. The first kappa shape index (κ1) is 9.72. The molecule has 0 N–H and O–H groups in total. The molecule has 12 heavy (non-hydrogen) atoms. The predicted molar refractivity (Wildman–Crippen MR) is 57.3 cm³/mol. The maximum atomic E-state index is 4.42. The third-order valence-corrected chi connectivity index (χ3v) is 2.92. The van der Waals surface area contributed by atoms with Gasteiger partial charge < -0.3 is 4.90 Å². The van der Waals surface area contributed by atoms with Crippen molar-refractivity contribution in [2.75, 3.05) is 13.1 Å². The predicted octanol–water partition coefficient (Wildman–Crippen LogP) is 2.82. The molecule has 1 rings (SSSR count). The molecular weight excluding hydrogens is 166 g/mol. The second-order valence-corrected chi connectivity index (χ2v) is 3.80. The molecule has 0 fully saturated rings. The Labute approximate surface area is 80.6 Å². The highest BCUT2D eigenvalue weighted by Gasteiger charge is 2.15. The van der Waals surface area contributed by atoms with Crippen LogP contribution >= 0.6 is 12.6 Å². The number of hydrogen-bond donors (Lipinski definition) is 1. The van der Waals surface area contributed by atoms with E-state index in [0.717, 1.165) is 25.2 Å². The largest absolute Gasteiger partial charge is 0.371 e. The third kappa shape index (κ3) is 1.86. The van der Waals surface area contributed by atoms with Crippen molar-refractivity contribution >= 4 is 12.6 Å². The van der Waals surface area contributed by atoms with Crippen molar-refractivity contribution in [3.8, 4) is 0 Å². The zero-order valence-electron chi connectivity index (χ0n) is 7.93. The topological polar surface area (TPSA) is 3.24 Å². The lowest BCUT2D eigenvalue weighted by atomic mass is 10.1. The van der Waals surface area contributed by atoms with E-state index in [1.54, 1.807) is 0 Å². The third-order valence-electron chi connectivity index (χ3n) is 2.36. The average molecular weight is 183 g/mol. The molecule has 1 heterocycles. The number of hydrogen-bond acceptors (Lipinski definition) is 2. The Kier molecular flexibility index (Phi) is 3.27. The van der Waals surface area contributed by atoms with Gasteiger partial charge in [0.25, 0.3) is 0 Å². The van der Waals surface area contributed by atoms with Gasteiger partial charge in [-0.3, -0.25) is 0 Å². The molecule has 0 amide bonds. The van der Waals surface area contributed by atoms with E-state index in [-0.39, 0.29) is 0 Å².